The van der Waals surface area contributed by atoms with E-state index in [-0.39, 0.29) is 29.3 Å². The molecule has 6 atom stereocenters. The van der Waals surface area contributed by atoms with Crippen molar-refractivity contribution in [2.75, 3.05) is 13.1 Å². The first-order chi connectivity index (χ1) is 15.9. The number of hydrogen-bond donors (Lipinski definition) is 1. The van der Waals surface area contributed by atoms with Gasteiger partial charge < -0.3 is 14.5 Å². The van der Waals surface area contributed by atoms with Gasteiger partial charge in [0.15, 0.2) is 0 Å². The number of aryl methyl sites for hydroxylation is 1. The van der Waals surface area contributed by atoms with Crippen molar-refractivity contribution in [3.8, 4) is 0 Å². The molecular formula is C29H37NO3. The standard InChI is InChI=1S/C29H37NO3/c1-19-8-10-21(11-9-19)22(26-7-5-15-32-26)12-14-30-18-24-23-16-25-20(2)6-4-13-29(25,3)17-27(23)33-28(24)31/h5,7-11,15,22-25,27,30H,2,4,6,12-14,16-18H2,1,3H3/t22-,23+,24+,25-,27-,29-/m1/s1. The number of fused-ring (bicyclic) bond motifs is 2. The summed E-state index contributed by atoms with van der Waals surface area (Å²) in [5, 5.41) is 3.59. The molecule has 2 aliphatic carbocycles. The van der Waals surface area contributed by atoms with Gasteiger partial charge >= 0.3 is 5.97 Å². The van der Waals surface area contributed by atoms with Gasteiger partial charge in [0.2, 0.25) is 0 Å². The number of hydrogen-bond acceptors (Lipinski definition) is 4. The molecule has 2 heterocycles. The zero-order valence-corrected chi connectivity index (χ0v) is 20.0. The Morgan fingerprint density at radius 2 is 2.06 bits per heavy atom. The largest absolute Gasteiger partial charge is 0.469 e. The SMILES string of the molecule is C=C1CCC[C@]2(C)C[C@H]3OC(=O)[C@@H](CNCC[C@H](c4ccc(C)cc4)c4ccco4)[C@@H]3C[C@H]12. The maximum atomic E-state index is 12.8. The van der Waals surface area contributed by atoms with Crippen LogP contribution in [0.2, 0.25) is 0 Å². The third kappa shape index (κ3) is 4.42. The number of carbonyl (C=O) groups excluding carboxylic acids is 1. The van der Waals surface area contributed by atoms with Gasteiger partial charge in [-0.25, -0.2) is 0 Å². The summed E-state index contributed by atoms with van der Waals surface area (Å²) in [5.74, 6) is 1.99. The van der Waals surface area contributed by atoms with Gasteiger partial charge in [-0.15, -0.1) is 0 Å². The quantitative estimate of drug-likeness (QED) is 0.321. The summed E-state index contributed by atoms with van der Waals surface area (Å²) in [7, 11) is 0. The van der Waals surface area contributed by atoms with E-state index in [4.69, 9.17) is 9.15 Å². The minimum absolute atomic E-state index is 0.00789. The van der Waals surface area contributed by atoms with Crippen molar-refractivity contribution >= 4 is 5.97 Å². The first kappa shape index (κ1) is 22.5. The fourth-order valence-corrected chi connectivity index (χ4v) is 6.75. The van der Waals surface area contributed by atoms with Crippen LogP contribution in [0.3, 0.4) is 0 Å². The second-order valence-corrected chi connectivity index (χ2v) is 10.9. The summed E-state index contributed by atoms with van der Waals surface area (Å²) in [4.78, 5) is 12.8. The number of esters is 1. The lowest BCUT2D eigenvalue weighted by Crippen LogP contribution is -2.45. The van der Waals surface area contributed by atoms with Crippen molar-refractivity contribution in [2.45, 2.75) is 64.4 Å². The predicted molar refractivity (Wildman–Crippen MR) is 130 cm³/mol. The van der Waals surface area contributed by atoms with Gasteiger partial charge in [-0.2, -0.15) is 0 Å². The number of rotatable bonds is 7. The fraction of sp³-hybridized carbons (Fsp3) is 0.552. The molecule has 0 bridgehead atoms. The van der Waals surface area contributed by atoms with Crippen molar-refractivity contribution in [3.63, 3.8) is 0 Å². The van der Waals surface area contributed by atoms with Crippen LogP contribution in [0.25, 0.3) is 0 Å². The zero-order valence-electron chi connectivity index (χ0n) is 20.0. The molecule has 3 aliphatic rings. The highest BCUT2D eigenvalue weighted by Gasteiger charge is 2.54. The highest BCUT2D eigenvalue weighted by molar-refractivity contribution is 5.75. The summed E-state index contributed by atoms with van der Waals surface area (Å²) in [6.45, 7) is 10.4. The zero-order chi connectivity index (χ0) is 23.0. The van der Waals surface area contributed by atoms with Crippen molar-refractivity contribution in [1.29, 1.82) is 0 Å². The van der Waals surface area contributed by atoms with Gasteiger partial charge in [0.05, 0.1) is 12.2 Å². The van der Waals surface area contributed by atoms with Crippen molar-refractivity contribution in [1.82, 2.24) is 5.32 Å². The highest BCUT2D eigenvalue weighted by Crippen LogP contribution is 2.56. The average Bonchev–Trinajstić information content (AvgIpc) is 3.41. The molecule has 33 heavy (non-hydrogen) atoms. The average molecular weight is 448 g/mol. The minimum Gasteiger partial charge on any atom is -0.469 e. The van der Waals surface area contributed by atoms with Gasteiger partial charge in [-0.05, 0) is 81.0 Å². The van der Waals surface area contributed by atoms with Crippen LogP contribution in [0, 0.1) is 30.1 Å². The van der Waals surface area contributed by atoms with E-state index in [0.29, 0.717) is 18.4 Å². The lowest BCUT2D eigenvalue weighted by Gasteiger charge is -2.50. The normalized spacial score (nSPS) is 32.2. The number of allylic oxidation sites excluding steroid dienone is 1. The summed E-state index contributed by atoms with van der Waals surface area (Å²) >= 11 is 0. The van der Waals surface area contributed by atoms with Crippen molar-refractivity contribution < 1.29 is 13.9 Å². The Kier molecular flexibility index (Phi) is 6.22. The maximum Gasteiger partial charge on any atom is 0.310 e. The van der Waals surface area contributed by atoms with Crippen LogP contribution in [0.15, 0.2) is 59.2 Å². The Balaban J connectivity index is 1.21. The third-order valence-electron chi connectivity index (χ3n) is 8.66. The number of furan rings is 1. The Labute approximate surface area is 197 Å². The smallest absolute Gasteiger partial charge is 0.310 e. The molecule has 1 aliphatic heterocycles. The van der Waals surface area contributed by atoms with Crippen LogP contribution in [0.4, 0.5) is 0 Å². The van der Waals surface area contributed by atoms with E-state index in [1.165, 1.54) is 29.5 Å². The molecule has 1 aromatic carbocycles. The van der Waals surface area contributed by atoms with Gasteiger partial charge in [0, 0.05) is 18.4 Å². The number of ether oxygens (including phenoxy) is 1. The van der Waals surface area contributed by atoms with E-state index in [1.807, 2.05) is 6.07 Å². The molecule has 1 aromatic heterocycles. The van der Waals surface area contributed by atoms with Gasteiger partial charge in [-0.3, -0.25) is 4.79 Å². The van der Waals surface area contributed by atoms with E-state index in [9.17, 15) is 4.79 Å². The van der Waals surface area contributed by atoms with Crippen LogP contribution in [0.5, 0.6) is 0 Å². The van der Waals surface area contributed by atoms with Crippen LogP contribution in [-0.2, 0) is 9.53 Å². The van der Waals surface area contributed by atoms with Crippen LogP contribution in [0.1, 0.15) is 68.3 Å². The molecule has 0 amide bonds. The highest BCUT2D eigenvalue weighted by atomic mass is 16.6. The molecule has 0 unspecified atom stereocenters. The Hall–Kier alpha value is -2.33. The summed E-state index contributed by atoms with van der Waals surface area (Å²) < 4.78 is 11.7. The topological polar surface area (TPSA) is 51.5 Å². The maximum absolute atomic E-state index is 12.8. The summed E-state index contributed by atoms with van der Waals surface area (Å²) in [6, 6.07) is 12.7. The molecule has 0 radical (unpaired) electrons. The predicted octanol–water partition coefficient (Wildman–Crippen LogP) is 6.01. The summed E-state index contributed by atoms with van der Waals surface area (Å²) in [5.41, 5.74) is 4.17. The Bertz CT molecular complexity index is 979. The lowest BCUT2D eigenvalue weighted by atomic mass is 9.55. The number of nitrogens with one attached hydrogen (secondary N) is 1. The second kappa shape index (κ2) is 9.13. The molecule has 4 nitrogen and oxygen atoms in total. The molecule has 176 valence electrons. The fourth-order valence-electron chi connectivity index (χ4n) is 6.75. The lowest BCUT2D eigenvalue weighted by molar-refractivity contribution is -0.146. The Morgan fingerprint density at radius 1 is 1.24 bits per heavy atom. The second-order valence-electron chi connectivity index (χ2n) is 10.9. The molecule has 1 saturated heterocycles. The molecule has 2 aromatic rings. The molecule has 3 fully saturated rings. The molecule has 0 spiro atoms. The molecule has 1 N–H and O–H groups in total. The van der Waals surface area contributed by atoms with E-state index in [2.05, 4.69) is 56.1 Å². The minimum atomic E-state index is -0.0456. The molecule has 4 heteroatoms. The molecule has 2 saturated carbocycles. The van der Waals surface area contributed by atoms with Crippen molar-refractivity contribution in [3.05, 3.63) is 71.7 Å². The van der Waals surface area contributed by atoms with Crippen LogP contribution < -0.4 is 5.32 Å². The summed E-state index contributed by atoms with van der Waals surface area (Å²) in [6.07, 6.45) is 8.39. The third-order valence-corrected chi connectivity index (χ3v) is 8.66. The van der Waals surface area contributed by atoms with Crippen LogP contribution >= 0.6 is 0 Å². The first-order valence-corrected chi connectivity index (χ1v) is 12.6. The van der Waals surface area contributed by atoms with Crippen LogP contribution in [-0.4, -0.2) is 25.2 Å². The molecule has 5 rings (SSSR count). The van der Waals surface area contributed by atoms with E-state index in [0.717, 1.165) is 38.0 Å². The van der Waals surface area contributed by atoms with Gasteiger partial charge in [0.1, 0.15) is 11.9 Å². The van der Waals surface area contributed by atoms with Gasteiger partial charge in [0.25, 0.3) is 0 Å². The first-order valence-electron chi connectivity index (χ1n) is 12.6. The number of carbonyl (C=O) groups is 1. The van der Waals surface area contributed by atoms with E-state index in [1.54, 1.807) is 6.26 Å². The van der Waals surface area contributed by atoms with E-state index < -0.39 is 0 Å². The number of benzene rings is 1. The van der Waals surface area contributed by atoms with E-state index >= 15 is 0 Å². The van der Waals surface area contributed by atoms with Gasteiger partial charge in [-0.1, -0.05) is 48.9 Å². The van der Waals surface area contributed by atoms with Crippen molar-refractivity contribution in [2.24, 2.45) is 23.2 Å². The Morgan fingerprint density at radius 3 is 2.82 bits per heavy atom. The molecular weight excluding hydrogens is 410 g/mol. The monoisotopic (exact) mass is 447 g/mol.